The van der Waals surface area contributed by atoms with Crippen LogP contribution in [0.25, 0.3) is 0 Å². The minimum atomic E-state index is -3.96. The maximum atomic E-state index is 13.0. The number of benzene rings is 1. The van der Waals surface area contributed by atoms with E-state index in [9.17, 15) is 17.2 Å². The fourth-order valence-corrected chi connectivity index (χ4v) is 2.13. The van der Waals surface area contributed by atoms with Gasteiger partial charge in [0.05, 0.1) is 10.8 Å². The summed E-state index contributed by atoms with van der Waals surface area (Å²) >= 11 is 5.37. The summed E-state index contributed by atoms with van der Waals surface area (Å²) in [6.07, 6.45) is 0. The fourth-order valence-electron chi connectivity index (χ4n) is 0.874. The topological polar surface area (TPSA) is 34.1 Å². The first-order valence-corrected chi connectivity index (χ1v) is 6.21. The van der Waals surface area contributed by atoms with Crippen molar-refractivity contribution in [2.24, 2.45) is 0 Å². The molecule has 78 valence electrons. The number of hydrogen-bond donors (Lipinski definition) is 0. The molecule has 0 saturated carbocycles. The van der Waals surface area contributed by atoms with Crippen LogP contribution in [-0.2, 0) is 14.8 Å². The predicted octanol–water partition coefficient (Wildman–Crippen LogP) is 2.69. The summed E-state index contributed by atoms with van der Waals surface area (Å²) < 4.78 is 47.1. The average Bonchev–Trinajstić information content (AvgIpc) is 2.04. The largest absolute Gasteiger partial charge is 0.236 e. The molecule has 14 heavy (non-hydrogen) atoms. The highest BCUT2D eigenvalue weighted by atomic mass is 35.7. The maximum Gasteiger partial charge on any atom is 0.236 e. The van der Waals surface area contributed by atoms with Gasteiger partial charge in [0, 0.05) is 16.2 Å². The van der Waals surface area contributed by atoms with E-state index >= 15 is 0 Å². The molecule has 0 amide bonds. The average molecular weight is 261 g/mol. The maximum absolute atomic E-state index is 13.0. The van der Waals surface area contributed by atoms with Gasteiger partial charge in [0.2, 0.25) is 9.05 Å². The Bertz CT molecular complexity index is 459. The lowest BCUT2D eigenvalue weighted by atomic mass is 10.2. The van der Waals surface area contributed by atoms with Crippen molar-refractivity contribution < 1.29 is 17.2 Å². The second-order valence-corrected chi connectivity index (χ2v) is 5.66. The van der Waals surface area contributed by atoms with E-state index in [0.717, 1.165) is 12.1 Å². The molecule has 0 bridgehead atoms. The van der Waals surface area contributed by atoms with Crippen molar-refractivity contribution >= 4 is 31.3 Å². The zero-order chi connectivity index (χ0) is 10.9. The summed E-state index contributed by atoms with van der Waals surface area (Å²) in [7, 11) is 0.931. The van der Waals surface area contributed by atoms with E-state index in [2.05, 4.69) is 0 Å². The molecule has 0 saturated heterocycles. The molecular weight excluding hydrogens is 257 g/mol. The Balaban J connectivity index is 3.27. The minimum Gasteiger partial charge on any atom is -0.212 e. The van der Waals surface area contributed by atoms with Gasteiger partial charge in [0.1, 0.15) is 11.6 Å². The van der Waals surface area contributed by atoms with E-state index in [1.807, 2.05) is 0 Å². The summed E-state index contributed by atoms with van der Waals surface area (Å²) in [5.41, 5.74) is -0.457. The molecule has 0 aliphatic rings. The Kier molecular flexibility index (Phi) is 3.34. The van der Waals surface area contributed by atoms with E-state index in [1.165, 1.54) is 0 Å². The molecular formula is C7H4Cl2F2O2S. The predicted molar refractivity (Wildman–Crippen MR) is 49.8 cm³/mol. The van der Waals surface area contributed by atoms with Crippen LogP contribution in [0.2, 0.25) is 5.02 Å². The Hall–Kier alpha value is -0.390. The molecule has 0 aliphatic carbocycles. The third-order valence-corrected chi connectivity index (χ3v) is 2.83. The van der Waals surface area contributed by atoms with Crippen molar-refractivity contribution in [1.29, 1.82) is 0 Å². The fraction of sp³-hybridized carbons (Fsp3) is 0.143. The molecule has 1 rings (SSSR count). The molecule has 0 heterocycles. The van der Waals surface area contributed by atoms with Crippen LogP contribution in [0.4, 0.5) is 8.78 Å². The summed E-state index contributed by atoms with van der Waals surface area (Å²) in [4.78, 5) is 0. The van der Waals surface area contributed by atoms with E-state index < -0.39 is 37.0 Å². The van der Waals surface area contributed by atoms with Crippen LogP contribution in [0, 0.1) is 11.6 Å². The second-order valence-electron chi connectivity index (χ2n) is 2.50. The first kappa shape index (κ1) is 11.7. The van der Waals surface area contributed by atoms with E-state index in [-0.39, 0.29) is 0 Å². The van der Waals surface area contributed by atoms with Crippen LogP contribution >= 0.6 is 22.3 Å². The molecule has 0 radical (unpaired) electrons. The Labute approximate surface area is 88.9 Å². The number of hydrogen-bond acceptors (Lipinski definition) is 2. The zero-order valence-corrected chi connectivity index (χ0v) is 8.93. The van der Waals surface area contributed by atoms with Crippen molar-refractivity contribution in [1.82, 2.24) is 0 Å². The molecule has 1 aromatic carbocycles. The molecule has 0 atom stereocenters. The van der Waals surface area contributed by atoms with Crippen LogP contribution in [0.1, 0.15) is 5.56 Å². The van der Waals surface area contributed by atoms with Gasteiger partial charge < -0.3 is 0 Å². The van der Waals surface area contributed by atoms with Crippen molar-refractivity contribution in [3.05, 3.63) is 34.4 Å². The van der Waals surface area contributed by atoms with Crippen LogP contribution in [0.15, 0.2) is 12.1 Å². The van der Waals surface area contributed by atoms with Gasteiger partial charge in [0.15, 0.2) is 0 Å². The third-order valence-electron chi connectivity index (χ3n) is 1.46. The van der Waals surface area contributed by atoms with Crippen molar-refractivity contribution in [2.75, 3.05) is 0 Å². The van der Waals surface area contributed by atoms with Gasteiger partial charge in [-0.2, -0.15) is 0 Å². The van der Waals surface area contributed by atoms with Gasteiger partial charge in [0.25, 0.3) is 0 Å². The molecule has 7 heteroatoms. The van der Waals surface area contributed by atoms with E-state index in [4.69, 9.17) is 22.3 Å². The van der Waals surface area contributed by atoms with Crippen molar-refractivity contribution in [3.8, 4) is 0 Å². The molecule has 1 aromatic rings. The smallest absolute Gasteiger partial charge is 0.212 e. The first-order valence-electron chi connectivity index (χ1n) is 3.36. The van der Waals surface area contributed by atoms with Gasteiger partial charge in [-0.15, -0.1) is 0 Å². The molecule has 2 nitrogen and oxygen atoms in total. The molecule has 0 aliphatic heterocycles. The van der Waals surface area contributed by atoms with Gasteiger partial charge in [-0.05, 0) is 12.1 Å². The van der Waals surface area contributed by atoms with Crippen LogP contribution in [0.3, 0.4) is 0 Å². The zero-order valence-electron chi connectivity index (χ0n) is 6.60. The summed E-state index contributed by atoms with van der Waals surface area (Å²) in [6.45, 7) is 0. The second kappa shape index (κ2) is 4.00. The Morgan fingerprint density at radius 2 is 1.71 bits per heavy atom. The quantitative estimate of drug-likeness (QED) is 0.605. The molecule has 0 aromatic heterocycles. The lowest BCUT2D eigenvalue weighted by Gasteiger charge is -2.03. The number of halogens is 4. The molecule has 0 N–H and O–H groups in total. The highest BCUT2D eigenvalue weighted by molar-refractivity contribution is 8.13. The van der Waals surface area contributed by atoms with Crippen LogP contribution in [-0.4, -0.2) is 8.42 Å². The molecule has 0 unspecified atom stereocenters. The van der Waals surface area contributed by atoms with Gasteiger partial charge >= 0.3 is 0 Å². The summed E-state index contributed by atoms with van der Waals surface area (Å²) in [5, 5.41) is -0.561. The standard InChI is InChI=1S/C7H4Cl2F2O2S/c8-7-4(3-14(9,12)13)5(10)1-2-6(7)11/h1-2H,3H2. The molecule has 0 fully saturated rings. The third kappa shape index (κ3) is 2.80. The lowest BCUT2D eigenvalue weighted by molar-refractivity contribution is 0.584. The van der Waals surface area contributed by atoms with Crippen LogP contribution < -0.4 is 0 Å². The first-order chi connectivity index (χ1) is 6.31. The van der Waals surface area contributed by atoms with Gasteiger partial charge in [-0.25, -0.2) is 17.2 Å². The normalized spacial score (nSPS) is 11.7. The SMILES string of the molecule is O=S(=O)(Cl)Cc1c(F)ccc(F)c1Cl. The van der Waals surface area contributed by atoms with Crippen molar-refractivity contribution in [2.45, 2.75) is 5.75 Å². The summed E-state index contributed by atoms with van der Waals surface area (Å²) in [6, 6.07) is 1.60. The lowest BCUT2D eigenvalue weighted by Crippen LogP contribution is -2.00. The highest BCUT2D eigenvalue weighted by Crippen LogP contribution is 2.25. The Morgan fingerprint density at radius 1 is 1.21 bits per heavy atom. The van der Waals surface area contributed by atoms with Crippen molar-refractivity contribution in [3.63, 3.8) is 0 Å². The highest BCUT2D eigenvalue weighted by Gasteiger charge is 2.17. The minimum absolute atomic E-state index is 0.457. The Morgan fingerprint density at radius 3 is 2.21 bits per heavy atom. The monoisotopic (exact) mass is 260 g/mol. The molecule has 0 spiro atoms. The van der Waals surface area contributed by atoms with Gasteiger partial charge in [-0.3, -0.25) is 0 Å². The van der Waals surface area contributed by atoms with E-state index in [1.54, 1.807) is 0 Å². The summed E-state index contributed by atoms with van der Waals surface area (Å²) in [5.74, 6) is -2.62. The van der Waals surface area contributed by atoms with Crippen LogP contribution in [0.5, 0.6) is 0 Å². The number of rotatable bonds is 2. The van der Waals surface area contributed by atoms with Gasteiger partial charge in [-0.1, -0.05) is 11.6 Å². The van der Waals surface area contributed by atoms with E-state index in [0.29, 0.717) is 0 Å².